The molecule has 2 heterocycles. The SMILES string of the molecule is COC[C@@H](c1ccc(C(F)(F)F)cc1)N1CCN(C2CCNCC2C)C[C@@H]1C. The zero-order valence-corrected chi connectivity index (χ0v) is 17.0. The second-order valence-electron chi connectivity index (χ2n) is 8.21. The minimum absolute atomic E-state index is 0.0325. The molecule has 4 nitrogen and oxygen atoms in total. The Morgan fingerprint density at radius 1 is 1.18 bits per heavy atom. The zero-order chi connectivity index (χ0) is 20.3. The maximum Gasteiger partial charge on any atom is 0.416 e. The molecule has 0 spiro atoms. The third kappa shape index (κ3) is 4.87. The minimum atomic E-state index is -4.31. The molecule has 2 saturated heterocycles. The van der Waals surface area contributed by atoms with Gasteiger partial charge in [-0.25, -0.2) is 0 Å². The van der Waals surface area contributed by atoms with Gasteiger partial charge >= 0.3 is 6.18 Å². The van der Waals surface area contributed by atoms with Crippen molar-refractivity contribution in [2.75, 3.05) is 46.4 Å². The first-order valence-electron chi connectivity index (χ1n) is 10.2. The third-order valence-electron chi connectivity index (χ3n) is 6.27. The van der Waals surface area contributed by atoms with Gasteiger partial charge in [0.05, 0.1) is 18.2 Å². The summed E-state index contributed by atoms with van der Waals surface area (Å²) < 4.78 is 44.1. The van der Waals surface area contributed by atoms with Gasteiger partial charge < -0.3 is 10.1 Å². The van der Waals surface area contributed by atoms with Gasteiger partial charge in [0.25, 0.3) is 0 Å². The number of nitrogens with one attached hydrogen (secondary N) is 1. The van der Waals surface area contributed by atoms with Crippen LogP contribution in [0.5, 0.6) is 0 Å². The molecule has 1 N–H and O–H groups in total. The van der Waals surface area contributed by atoms with E-state index in [0.717, 1.165) is 38.3 Å². The van der Waals surface area contributed by atoms with E-state index >= 15 is 0 Å². The summed E-state index contributed by atoms with van der Waals surface area (Å²) in [6.45, 7) is 10.00. The summed E-state index contributed by atoms with van der Waals surface area (Å²) in [5, 5.41) is 3.46. The molecule has 2 aliphatic rings. The lowest BCUT2D eigenvalue weighted by molar-refractivity contribution is -0.137. The quantitative estimate of drug-likeness (QED) is 0.821. The number of alkyl halides is 3. The molecule has 3 rings (SSSR count). The monoisotopic (exact) mass is 399 g/mol. The molecule has 28 heavy (non-hydrogen) atoms. The number of benzene rings is 1. The normalized spacial score (nSPS) is 29.0. The van der Waals surface area contributed by atoms with Gasteiger partial charge in [0.1, 0.15) is 0 Å². The van der Waals surface area contributed by atoms with E-state index in [1.54, 1.807) is 19.2 Å². The van der Waals surface area contributed by atoms with Crippen molar-refractivity contribution in [3.63, 3.8) is 0 Å². The molecule has 1 aromatic rings. The van der Waals surface area contributed by atoms with Crippen LogP contribution in [0.25, 0.3) is 0 Å². The average Bonchev–Trinajstić information content (AvgIpc) is 2.66. The summed E-state index contributed by atoms with van der Waals surface area (Å²) in [4.78, 5) is 4.98. The Kier molecular flexibility index (Phi) is 7.02. The van der Waals surface area contributed by atoms with Gasteiger partial charge in [-0.1, -0.05) is 19.1 Å². The molecule has 7 heteroatoms. The topological polar surface area (TPSA) is 27.7 Å². The standard InChI is InChI=1S/C21H32F3N3O/c1-15-12-25-9-8-19(15)26-10-11-27(16(2)13-26)20(14-28-3)17-4-6-18(7-5-17)21(22,23)24/h4-7,15-16,19-20,25H,8-14H2,1-3H3/t15?,16-,19?,20-/m0/s1. The number of rotatable bonds is 5. The van der Waals surface area contributed by atoms with Crippen LogP contribution in [-0.4, -0.2) is 68.3 Å². The Balaban J connectivity index is 1.71. The molecule has 0 amide bonds. The number of piperazine rings is 1. The number of piperidine rings is 1. The summed E-state index contributed by atoms with van der Waals surface area (Å²) >= 11 is 0. The lowest BCUT2D eigenvalue weighted by atomic mass is 9.92. The maximum atomic E-state index is 12.9. The van der Waals surface area contributed by atoms with Crippen LogP contribution in [0, 0.1) is 5.92 Å². The summed E-state index contributed by atoms with van der Waals surface area (Å²) in [5.41, 5.74) is 0.274. The van der Waals surface area contributed by atoms with Crippen LogP contribution in [0.3, 0.4) is 0 Å². The Bertz CT molecular complexity index is 622. The highest BCUT2D eigenvalue weighted by Crippen LogP contribution is 2.32. The molecular formula is C21H32F3N3O. The van der Waals surface area contributed by atoms with Gasteiger partial charge in [0, 0.05) is 38.8 Å². The van der Waals surface area contributed by atoms with Gasteiger partial charge in [-0.2, -0.15) is 13.2 Å². The molecular weight excluding hydrogens is 367 g/mol. The predicted molar refractivity (Wildman–Crippen MR) is 104 cm³/mol. The fourth-order valence-corrected chi connectivity index (χ4v) is 4.74. The van der Waals surface area contributed by atoms with Gasteiger partial charge in [0.2, 0.25) is 0 Å². The lowest BCUT2D eigenvalue weighted by Crippen LogP contribution is -2.59. The first-order valence-corrected chi connectivity index (χ1v) is 10.2. The molecule has 0 saturated carbocycles. The number of hydrogen-bond acceptors (Lipinski definition) is 4. The Labute approximate surface area is 166 Å². The van der Waals surface area contributed by atoms with Gasteiger partial charge in [-0.15, -0.1) is 0 Å². The summed E-state index contributed by atoms with van der Waals surface area (Å²) in [6.07, 6.45) is -3.13. The predicted octanol–water partition coefficient (Wildman–Crippen LogP) is 3.40. The summed E-state index contributed by atoms with van der Waals surface area (Å²) in [7, 11) is 1.65. The van der Waals surface area contributed by atoms with Crippen molar-refractivity contribution in [1.82, 2.24) is 15.1 Å². The van der Waals surface area contributed by atoms with E-state index in [9.17, 15) is 13.2 Å². The van der Waals surface area contributed by atoms with Gasteiger partial charge in [0.15, 0.2) is 0 Å². The van der Waals surface area contributed by atoms with Crippen LogP contribution in [0.15, 0.2) is 24.3 Å². The van der Waals surface area contributed by atoms with Gasteiger partial charge in [-0.3, -0.25) is 9.80 Å². The number of halogens is 3. The molecule has 2 unspecified atom stereocenters. The van der Waals surface area contributed by atoms with Crippen molar-refractivity contribution in [3.8, 4) is 0 Å². The molecule has 0 aromatic heterocycles. The van der Waals surface area contributed by atoms with Crippen LogP contribution < -0.4 is 5.32 Å². The first kappa shape index (κ1) is 21.6. The second-order valence-corrected chi connectivity index (χ2v) is 8.21. The van der Waals surface area contributed by atoms with E-state index in [1.807, 2.05) is 0 Å². The van der Waals surface area contributed by atoms with Crippen LogP contribution >= 0.6 is 0 Å². The Hall–Kier alpha value is -1.15. The molecule has 4 atom stereocenters. The van der Waals surface area contributed by atoms with Crippen molar-refractivity contribution in [2.24, 2.45) is 5.92 Å². The van der Waals surface area contributed by atoms with E-state index in [4.69, 9.17) is 4.74 Å². The first-order chi connectivity index (χ1) is 13.3. The summed E-state index contributed by atoms with van der Waals surface area (Å²) in [6, 6.07) is 6.44. The van der Waals surface area contributed by atoms with Crippen LogP contribution in [0.4, 0.5) is 13.2 Å². The lowest BCUT2D eigenvalue weighted by Gasteiger charge is -2.48. The summed E-state index contributed by atoms with van der Waals surface area (Å²) in [5.74, 6) is 0.636. The number of methoxy groups -OCH3 is 1. The zero-order valence-electron chi connectivity index (χ0n) is 17.0. The van der Waals surface area contributed by atoms with E-state index in [2.05, 4.69) is 29.0 Å². The number of nitrogens with zero attached hydrogens (tertiary/aromatic N) is 2. The highest BCUT2D eigenvalue weighted by atomic mass is 19.4. The Morgan fingerprint density at radius 2 is 1.89 bits per heavy atom. The third-order valence-corrected chi connectivity index (χ3v) is 6.27. The van der Waals surface area contributed by atoms with E-state index in [1.165, 1.54) is 18.6 Å². The molecule has 2 aliphatic heterocycles. The molecule has 1 aromatic carbocycles. The molecule has 0 radical (unpaired) electrons. The van der Waals surface area contributed by atoms with E-state index in [-0.39, 0.29) is 6.04 Å². The van der Waals surface area contributed by atoms with E-state index < -0.39 is 11.7 Å². The molecule has 0 aliphatic carbocycles. The van der Waals surface area contributed by atoms with E-state index in [0.29, 0.717) is 24.6 Å². The van der Waals surface area contributed by atoms with Crippen LogP contribution in [0.2, 0.25) is 0 Å². The average molecular weight is 400 g/mol. The number of ether oxygens (including phenoxy) is 1. The van der Waals surface area contributed by atoms with Crippen LogP contribution in [0.1, 0.15) is 37.4 Å². The highest BCUT2D eigenvalue weighted by Gasteiger charge is 2.36. The number of hydrogen-bond donors (Lipinski definition) is 1. The fraction of sp³-hybridized carbons (Fsp3) is 0.714. The minimum Gasteiger partial charge on any atom is -0.383 e. The second kappa shape index (κ2) is 9.11. The van der Waals surface area contributed by atoms with Crippen molar-refractivity contribution >= 4 is 0 Å². The molecule has 158 valence electrons. The fourth-order valence-electron chi connectivity index (χ4n) is 4.74. The van der Waals surface area contributed by atoms with Crippen LogP contribution in [-0.2, 0) is 10.9 Å². The molecule has 0 bridgehead atoms. The molecule has 2 fully saturated rings. The smallest absolute Gasteiger partial charge is 0.383 e. The highest BCUT2D eigenvalue weighted by molar-refractivity contribution is 5.27. The maximum absolute atomic E-state index is 12.9. The van der Waals surface area contributed by atoms with Crippen molar-refractivity contribution < 1.29 is 17.9 Å². The Morgan fingerprint density at radius 3 is 2.46 bits per heavy atom. The largest absolute Gasteiger partial charge is 0.416 e. The van der Waals surface area contributed by atoms with Crippen molar-refractivity contribution in [3.05, 3.63) is 35.4 Å². The van der Waals surface area contributed by atoms with Crippen molar-refractivity contribution in [1.29, 1.82) is 0 Å². The van der Waals surface area contributed by atoms with Crippen molar-refractivity contribution in [2.45, 2.75) is 44.6 Å². The van der Waals surface area contributed by atoms with Gasteiger partial charge in [-0.05, 0) is 50.0 Å².